The van der Waals surface area contributed by atoms with Gasteiger partial charge in [0.15, 0.2) is 0 Å². The van der Waals surface area contributed by atoms with Gasteiger partial charge < -0.3 is 9.31 Å². The quantitative estimate of drug-likeness (QED) is 0.178. The molecule has 2 aliphatic carbocycles. The summed E-state index contributed by atoms with van der Waals surface area (Å²) >= 11 is 1.86. The van der Waals surface area contributed by atoms with Crippen LogP contribution in [0.5, 0.6) is 0 Å². The molecule has 47 heavy (non-hydrogen) atoms. The van der Waals surface area contributed by atoms with E-state index in [1.54, 1.807) is 0 Å². The largest absolute Gasteiger partial charge is 0.495 e. The first-order valence-corrected chi connectivity index (χ1v) is 17.3. The molecule has 1 fully saturated rings. The molecule has 0 atom stereocenters. The molecule has 0 bridgehead atoms. The van der Waals surface area contributed by atoms with Crippen molar-refractivity contribution in [3.8, 4) is 33.4 Å². The zero-order chi connectivity index (χ0) is 31.7. The molecule has 0 radical (unpaired) electrons. The minimum absolute atomic E-state index is 0.427. The van der Waals surface area contributed by atoms with Crippen molar-refractivity contribution < 1.29 is 9.31 Å². The Labute approximate surface area is 279 Å². The van der Waals surface area contributed by atoms with Gasteiger partial charge in [-0.3, -0.25) is 0 Å². The Kier molecular flexibility index (Phi) is 5.48. The van der Waals surface area contributed by atoms with Crippen LogP contribution in [0.1, 0.15) is 49.9 Å². The number of hydrogen-bond acceptors (Lipinski definition) is 3. The Morgan fingerprint density at radius 3 is 1.64 bits per heavy atom. The summed E-state index contributed by atoms with van der Waals surface area (Å²) in [6.45, 7) is 8.57. The van der Waals surface area contributed by atoms with Gasteiger partial charge in [0, 0.05) is 20.2 Å². The lowest BCUT2D eigenvalue weighted by Gasteiger charge is -2.32. The number of rotatable bonds is 2. The predicted molar refractivity (Wildman–Crippen MR) is 197 cm³/mol. The summed E-state index contributed by atoms with van der Waals surface area (Å²) in [6.07, 6.45) is 0. The molecule has 4 heteroatoms. The summed E-state index contributed by atoms with van der Waals surface area (Å²) in [5.74, 6) is 0. The number of thiophene rings is 1. The van der Waals surface area contributed by atoms with Gasteiger partial charge in [-0.05, 0) is 113 Å². The van der Waals surface area contributed by atoms with Crippen LogP contribution in [0.3, 0.4) is 0 Å². The van der Waals surface area contributed by atoms with Gasteiger partial charge in [0.25, 0.3) is 0 Å². The van der Waals surface area contributed by atoms with Crippen LogP contribution in [0, 0.1) is 0 Å². The molecule has 0 amide bonds. The van der Waals surface area contributed by atoms with Crippen LogP contribution in [0.25, 0.3) is 53.6 Å². The standard InChI is InChI=1S/C43H33BO2S/c1-41(2)42(3,4)46-44(45-41)38-25-37-32(24-31(38)26-21-22-40-33(23-26)30-16-8-12-20-39(30)47-40)29-15-7-11-19-36(29)43(37)34-17-9-5-13-27(34)28-14-6-10-18-35(28)43/h5-25H,1-4H3. The van der Waals surface area contributed by atoms with Gasteiger partial charge in [-0.25, -0.2) is 0 Å². The summed E-state index contributed by atoms with van der Waals surface area (Å²) in [5, 5.41) is 2.59. The SMILES string of the molecule is CC1(C)OB(c2cc3c(cc2-c2ccc4sc5ccccc5c4c2)-c2ccccc2C32c3ccccc3-c3ccccc32)OC1(C)C. The first-order valence-electron chi connectivity index (χ1n) is 16.5. The van der Waals surface area contributed by atoms with Crippen molar-refractivity contribution >= 4 is 44.1 Å². The van der Waals surface area contributed by atoms with Gasteiger partial charge in [-0.15, -0.1) is 11.3 Å². The molecule has 2 nitrogen and oxygen atoms in total. The van der Waals surface area contributed by atoms with Gasteiger partial charge in [0.2, 0.25) is 0 Å². The van der Waals surface area contributed by atoms with E-state index in [2.05, 4.69) is 155 Å². The fourth-order valence-corrected chi connectivity index (χ4v) is 9.55. The Bertz CT molecular complexity index is 2390. The molecule has 1 saturated heterocycles. The topological polar surface area (TPSA) is 18.5 Å². The van der Waals surface area contributed by atoms with Gasteiger partial charge in [0.1, 0.15) is 0 Å². The Morgan fingerprint density at radius 1 is 0.468 bits per heavy atom. The normalized spacial score (nSPS) is 17.7. The Balaban J connectivity index is 1.30. The van der Waals surface area contributed by atoms with Crippen LogP contribution >= 0.6 is 11.3 Å². The monoisotopic (exact) mass is 624 g/mol. The van der Waals surface area contributed by atoms with Crippen LogP contribution in [-0.2, 0) is 14.7 Å². The van der Waals surface area contributed by atoms with E-state index in [9.17, 15) is 0 Å². The number of benzene rings is 6. The second kappa shape index (κ2) is 9.32. The zero-order valence-electron chi connectivity index (χ0n) is 26.9. The zero-order valence-corrected chi connectivity index (χ0v) is 27.7. The Morgan fingerprint density at radius 2 is 1.00 bits per heavy atom. The molecule has 7 aromatic rings. The third kappa shape index (κ3) is 3.53. The molecule has 10 rings (SSSR count). The summed E-state index contributed by atoms with van der Waals surface area (Å²) < 4.78 is 16.3. The van der Waals surface area contributed by atoms with Crippen LogP contribution in [0.15, 0.2) is 127 Å². The smallest absolute Gasteiger partial charge is 0.399 e. The summed E-state index contributed by atoms with van der Waals surface area (Å²) in [5.41, 5.74) is 12.6. The van der Waals surface area contributed by atoms with E-state index in [4.69, 9.17) is 9.31 Å². The highest BCUT2D eigenvalue weighted by molar-refractivity contribution is 7.25. The minimum Gasteiger partial charge on any atom is -0.399 e. The van der Waals surface area contributed by atoms with Crippen molar-refractivity contribution in [1.82, 2.24) is 0 Å². The van der Waals surface area contributed by atoms with Crippen molar-refractivity contribution in [2.24, 2.45) is 0 Å². The van der Waals surface area contributed by atoms with E-state index in [1.165, 1.54) is 70.2 Å². The van der Waals surface area contributed by atoms with E-state index in [0.29, 0.717) is 0 Å². The van der Waals surface area contributed by atoms with Crippen molar-refractivity contribution in [2.45, 2.75) is 44.3 Å². The molecule has 1 spiro atoms. The van der Waals surface area contributed by atoms with Crippen LogP contribution < -0.4 is 5.46 Å². The first kappa shape index (κ1) is 27.6. The van der Waals surface area contributed by atoms with Gasteiger partial charge in [0.05, 0.1) is 16.6 Å². The summed E-state index contributed by atoms with van der Waals surface area (Å²) in [6, 6.07) is 47.5. The molecule has 1 aromatic heterocycles. The highest BCUT2D eigenvalue weighted by Gasteiger charge is 2.55. The number of fused-ring (bicyclic) bond motifs is 13. The molecule has 2 heterocycles. The van der Waals surface area contributed by atoms with E-state index >= 15 is 0 Å². The van der Waals surface area contributed by atoms with Gasteiger partial charge in [-0.2, -0.15) is 0 Å². The van der Waals surface area contributed by atoms with Crippen molar-refractivity contribution in [1.29, 1.82) is 0 Å². The lowest BCUT2D eigenvalue weighted by atomic mass is 9.67. The van der Waals surface area contributed by atoms with Crippen LogP contribution in [0.2, 0.25) is 0 Å². The van der Waals surface area contributed by atoms with E-state index in [1.807, 2.05) is 11.3 Å². The Hall–Kier alpha value is -4.48. The first-order chi connectivity index (χ1) is 22.8. The highest BCUT2D eigenvalue weighted by atomic mass is 32.1. The molecule has 3 aliphatic rings. The maximum Gasteiger partial charge on any atom is 0.495 e. The van der Waals surface area contributed by atoms with Crippen LogP contribution in [-0.4, -0.2) is 18.3 Å². The molecule has 226 valence electrons. The average molecular weight is 625 g/mol. The van der Waals surface area contributed by atoms with E-state index < -0.39 is 23.7 Å². The molecule has 0 saturated carbocycles. The third-order valence-corrected chi connectivity index (χ3v) is 12.5. The van der Waals surface area contributed by atoms with Crippen LogP contribution in [0.4, 0.5) is 0 Å². The summed E-state index contributed by atoms with van der Waals surface area (Å²) in [7, 11) is -0.511. The lowest BCUT2D eigenvalue weighted by Crippen LogP contribution is -2.41. The van der Waals surface area contributed by atoms with Gasteiger partial charge in [-0.1, -0.05) is 103 Å². The second-order valence-electron chi connectivity index (χ2n) is 14.3. The van der Waals surface area contributed by atoms with E-state index in [0.717, 1.165) is 11.0 Å². The average Bonchev–Trinajstić information content (AvgIpc) is 3.76. The molecular weight excluding hydrogens is 591 g/mol. The highest BCUT2D eigenvalue weighted by Crippen LogP contribution is 2.63. The second-order valence-corrected chi connectivity index (χ2v) is 15.4. The van der Waals surface area contributed by atoms with Crippen molar-refractivity contribution in [3.63, 3.8) is 0 Å². The molecule has 6 aromatic carbocycles. The maximum atomic E-state index is 6.86. The summed E-state index contributed by atoms with van der Waals surface area (Å²) in [4.78, 5) is 0. The van der Waals surface area contributed by atoms with Crippen molar-refractivity contribution in [2.75, 3.05) is 0 Å². The fourth-order valence-electron chi connectivity index (χ4n) is 8.46. The maximum absolute atomic E-state index is 6.86. The molecule has 0 unspecified atom stereocenters. The molecule has 0 N–H and O–H groups in total. The van der Waals surface area contributed by atoms with Gasteiger partial charge >= 0.3 is 7.12 Å². The number of hydrogen-bond donors (Lipinski definition) is 0. The molecular formula is C43H33BO2S. The lowest BCUT2D eigenvalue weighted by molar-refractivity contribution is 0.00578. The third-order valence-electron chi connectivity index (χ3n) is 11.4. The van der Waals surface area contributed by atoms with E-state index in [-0.39, 0.29) is 0 Å². The molecule has 1 aliphatic heterocycles. The minimum atomic E-state index is -0.511. The van der Waals surface area contributed by atoms with Crippen molar-refractivity contribution in [3.05, 3.63) is 150 Å². The predicted octanol–water partition coefficient (Wildman–Crippen LogP) is 10.4. The fraction of sp³-hybridized carbons (Fsp3) is 0.163.